The number of nitrogen functional groups attached to an aromatic ring is 1. The van der Waals surface area contributed by atoms with Crippen LogP contribution in [0.5, 0.6) is 0 Å². The SMILES string of the molecule is CC(CN(C)C)Nc1nccc(N)n1. The summed E-state index contributed by atoms with van der Waals surface area (Å²) in [7, 11) is 4.05. The minimum atomic E-state index is 0.298. The monoisotopic (exact) mass is 195 g/mol. The summed E-state index contributed by atoms with van der Waals surface area (Å²) in [6, 6.07) is 1.97. The van der Waals surface area contributed by atoms with Crippen LogP contribution in [-0.4, -0.2) is 41.5 Å². The van der Waals surface area contributed by atoms with Crippen LogP contribution in [0.1, 0.15) is 6.92 Å². The van der Waals surface area contributed by atoms with E-state index in [4.69, 9.17) is 5.73 Å². The van der Waals surface area contributed by atoms with Crippen LogP contribution in [0.4, 0.5) is 11.8 Å². The van der Waals surface area contributed by atoms with Gasteiger partial charge in [0.15, 0.2) is 0 Å². The molecule has 0 spiro atoms. The van der Waals surface area contributed by atoms with Gasteiger partial charge in [-0.15, -0.1) is 0 Å². The molecule has 0 aliphatic carbocycles. The van der Waals surface area contributed by atoms with E-state index in [2.05, 4.69) is 27.1 Å². The number of nitrogens with one attached hydrogen (secondary N) is 1. The van der Waals surface area contributed by atoms with Gasteiger partial charge in [-0.1, -0.05) is 0 Å². The number of hydrogen-bond acceptors (Lipinski definition) is 5. The highest BCUT2D eigenvalue weighted by Crippen LogP contribution is 2.03. The maximum absolute atomic E-state index is 5.53. The predicted molar refractivity (Wildman–Crippen MR) is 58.1 cm³/mol. The van der Waals surface area contributed by atoms with Gasteiger partial charge in [0.1, 0.15) is 5.82 Å². The van der Waals surface area contributed by atoms with E-state index in [-0.39, 0.29) is 0 Å². The van der Waals surface area contributed by atoms with Crippen molar-refractivity contribution in [3.05, 3.63) is 12.3 Å². The normalized spacial score (nSPS) is 12.9. The van der Waals surface area contributed by atoms with Crippen molar-refractivity contribution < 1.29 is 0 Å². The Bertz CT molecular complexity index is 286. The lowest BCUT2D eigenvalue weighted by atomic mass is 10.3. The Labute approximate surface area is 84.3 Å². The molecule has 0 amide bonds. The van der Waals surface area contributed by atoms with Gasteiger partial charge in [-0.05, 0) is 27.1 Å². The molecular formula is C9H17N5. The first-order chi connectivity index (χ1) is 6.58. The van der Waals surface area contributed by atoms with Crippen LogP contribution < -0.4 is 11.1 Å². The molecule has 1 unspecified atom stereocenters. The maximum atomic E-state index is 5.53. The molecule has 1 rings (SSSR count). The third kappa shape index (κ3) is 3.57. The topological polar surface area (TPSA) is 67.1 Å². The van der Waals surface area contributed by atoms with E-state index in [1.807, 2.05) is 14.1 Å². The number of anilines is 2. The van der Waals surface area contributed by atoms with Crippen molar-refractivity contribution in [2.24, 2.45) is 0 Å². The molecule has 0 saturated heterocycles. The second kappa shape index (κ2) is 4.76. The van der Waals surface area contributed by atoms with Crippen LogP contribution in [0, 0.1) is 0 Å². The highest BCUT2D eigenvalue weighted by atomic mass is 15.2. The molecule has 0 aliphatic rings. The Balaban J connectivity index is 2.51. The van der Waals surface area contributed by atoms with E-state index >= 15 is 0 Å². The number of rotatable bonds is 4. The van der Waals surface area contributed by atoms with E-state index in [1.54, 1.807) is 12.3 Å². The van der Waals surface area contributed by atoms with Crippen LogP contribution >= 0.6 is 0 Å². The van der Waals surface area contributed by atoms with Crippen LogP contribution in [-0.2, 0) is 0 Å². The van der Waals surface area contributed by atoms with Crippen molar-refractivity contribution in [1.29, 1.82) is 0 Å². The van der Waals surface area contributed by atoms with Crippen LogP contribution in [0.15, 0.2) is 12.3 Å². The molecule has 78 valence electrons. The second-order valence-electron chi connectivity index (χ2n) is 3.61. The third-order valence-electron chi connectivity index (χ3n) is 1.69. The van der Waals surface area contributed by atoms with E-state index in [0.717, 1.165) is 6.54 Å². The van der Waals surface area contributed by atoms with Gasteiger partial charge in [-0.2, -0.15) is 4.98 Å². The number of nitrogens with zero attached hydrogens (tertiary/aromatic N) is 3. The van der Waals surface area contributed by atoms with E-state index in [0.29, 0.717) is 17.8 Å². The first kappa shape index (κ1) is 10.7. The first-order valence-electron chi connectivity index (χ1n) is 4.57. The van der Waals surface area contributed by atoms with Crippen LogP contribution in [0.25, 0.3) is 0 Å². The highest BCUT2D eigenvalue weighted by molar-refractivity contribution is 5.35. The van der Waals surface area contributed by atoms with Gasteiger partial charge in [-0.3, -0.25) is 0 Å². The highest BCUT2D eigenvalue weighted by Gasteiger charge is 2.04. The van der Waals surface area contributed by atoms with Crippen molar-refractivity contribution in [3.63, 3.8) is 0 Å². The summed E-state index contributed by atoms with van der Waals surface area (Å²) in [6.07, 6.45) is 1.65. The van der Waals surface area contributed by atoms with Crippen molar-refractivity contribution >= 4 is 11.8 Å². The van der Waals surface area contributed by atoms with Crippen molar-refractivity contribution in [2.75, 3.05) is 31.7 Å². The molecule has 0 bridgehead atoms. The molecule has 1 aromatic heterocycles. The summed E-state index contributed by atoms with van der Waals surface area (Å²) in [5.41, 5.74) is 5.53. The summed E-state index contributed by atoms with van der Waals surface area (Å²) in [6.45, 7) is 3.00. The molecule has 1 heterocycles. The van der Waals surface area contributed by atoms with E-state index < -0.39 is 0 Å². The Morgan fingerprint density at radius 1 is 1.57 bits per heavy atom. The average molecular weight is 195 g/mol. The summed E-state index contributed by atoms with van der Waals surface area (Å²) in [5.74, 6) is 1.07. The van der Waals surface area contributed by atoms with Crippen molar-refractivity contribution in [3.8, 4) is 0 Å². The number of nitrogens with two attached hydrogens (primary N) is 1. The lowest BCUT2D eigenvalue weighted by molar-refractivity contribution is 0.391. The van der Waals surface area contributed by atoms with Crippen molar-refractivity contribution in [2.45, 2.75) is 13.0 Å². The summed E-state index contributed by atoms with van der Waals surface area (Å²) in [4.78, 5) is 10.2. The van der Waals surface area contributed by atoms with Crippen molar-refractivity contribution in [1.82, 2.24) is 14.9 Å². The molecule has 1 aromatic rings. The largest absolute Gasteiger partial charge is 0.384 e. The molecule has 0 aliphatic heterocycles. The van der Waals surface area contributed by atoms with Gasteiger partial charge in [0.25, 0.3) is 0 Å². The summed E-state index contributed by atoms with van der Waals surface area (Å²) in [5, 5.41) is 3.17. The van der Waals surface area contributed by atoms with Crippen LogP contribution in [0.2, 0.25) is 0 Å². The Kier molecular flexibility index (Phi) is 3.64. The summed E-state index contributed by atoms with van der Waals surface area (Å²) < 4.78 is 0. The standard InChI is InChI=1S/C9H17N5/c1-7(6-14(2)3)12-9-11-5-4-8(10)13-9/h4-5,7H,6H2,1-3H3,(H3,10,11,12,13). The van der Waals surface area contributed by atoms with E-state index in [1.165, 1.54) is 0 Å². The molecule has 14 heavy (non-hydrogen) atoms. The van der Waals surface area contributed by atoms with E-state index in [9.17, 15) is 0 Å². The predicted octanol–water partition coefficient (Wildman–Crippen LogP) is 0.421. The molecule has 3 N–H and O–H groups in total. The molecule has 5 nitrogen and oxygen atoms in total. The lowest BCUT2D eigenvalue weighted by Gasteiger charge is -2.17. The van der Waals surface area contributed by atoms with Gasteiger partial charge in [0, 0.05) is 18.8 Å². The maximum Gasteiger partial charge on any atom is 0.224 e. The van der Waals surface area contributed by atoms with Gasteiger partial charge < -0.3 is 16.0 Å². The zero-order valence-electron chi connectivity index (χ0n) is 8.86. The Morgan fingerprint density at radius 2 is 2.29 bits per heavy atom. The average Bonchev–Trinajstić information content (AvgIpc) is 2.01. The molecular weight excluding hydrogens is 178 g/mol. The zero-order chi connectivity index (χ0) is 10.6. The molecule has 0 saturated carbocycles. The van der Waals surface area contributed by atoms with Crippen LogP contribution in [0.3, 0.4) is 0 Å². The summed E-state index contributed by atoms with van der Waals surface area (Å²) >= 11 is 0. The fourth-order valence-electron chi connectivity index (χ4n) is 1.26. The fourth-order valence-corrected chi connectivity index (χ4v) is 1.26. The number of aromatic nitrogens is 2. The minimum absolute atomic E-state index is 0.298. The first-order valence-corrected chi connectivity index (χ1v) is 4.57. The minimum Gasteiger partial charge on any atom is -0.384 e. The van der Waals surface area contributed by atoms with Gasteiger partial charge in [-0.25, -0.2) is 4.98 Å². The Morgan fingerprint density at radius 3 is 2.86 bits per heavy atom. The number of hydrogen-bond donors (Lipinski definition) is 2. The smallest absolute Gasteiger partial charge is 0.224 e. The molecule has 0 fully saturated rings. The molecule has 5 heteroatoms. The number of likely N-dealkylation sites (N-methyl/N-ethyl adjacent to an activating group) is 1. The molecule has 0 radical (unpaired) electrons. The van der Waals surface area contributed by atoms with Gasteiger partial charge in [0.05, 0.1) is 0 Å². The second-order valence-corrected chi connectivity index (χ2v) is 3.61. The molecule has 0 aromatic carbocycles. The zero-order valence-corrected chi connectivity index (χ0v) is 8.86. The third-order valence-corrected chi connectivity index (χ3v) is 1.69. The fraction of sp³-hybridized carbons (Fsp3) is 0.556. The Hall–Kier alpha value is -1.36. The lowest BCUT2D eigenvalue weighted by Crippen LogP contribution is -2.30. The van der Waals surface area contributed by atoms with Gasteiger partial charge in [0.2, 0.25) is 5.95 Å². The quantitative estimate of drug-likeness (QED) is 0.729. The van der Waals surface area contributed by atoms with Gasteiger partial charge >= 0.3 is 0 Å². The molecule has 1 atom stereocenters.